The van der Waals surface area contributed by atoms with Gasteiger partial charge < -0.3 is 9.84 Å². The van der Waals surface area contributed by atoms with Gasteiger partial charge in [0.05, 0.1) is 6.61 Å². The molecule has 2 heteroatoms. The predicted molar refractivity (Wildman–Crippen MR) is 38.9 cm³/mol. The lowest BCUT2D eigenvalue weighted by Crippen LogP contribution is -2.25. The maximum Gasteiger partial charge on any atom is 0.227 e. The maximum atomic E-state index is 9.02. The summed E-state index contributed by atoms with van der Waals surface area (Å²) in [5.74, 6) is 2.95. The maximum absolute atomic E-state index is 9.02. The predicted octanol–water partition coefficient (Wildman–Crippen LogP) is 0.368. The van der Waals surface area contributed by atoms with Crippen molar-refractivity contribution in [1.29, 1.82) is 0 Å². The molecule has 0 rings (SSSR count). The first-order valence-electron chi connectivity index (χ1n) is 2.90. The van der Waals surface area contributed by atoms with E-state index in [0.29, 0.717) is 6.42 Å². The van der Waals surface area contributed by atoms with Gasteiger partial charge in [0, 0.05) is 13.3 Å². The van der Waals surface area contributed by atoms with Gasteiger partial charge in [0.25, 0.3) is 0 Å². The third-order valence-corrected chi connectivity index (χ3v) is 0.897. The Labute approximate surface area is 61.2 Å². The van der Waals surface area contributed by atoms with Crippen LogP contribution in [0.25, 0.3) is 0 Å². The molecule has 0 amide bonds. The van der Waals surface area contributed by atoms with E-state index in [0.717, 1.165) is 0 Å². The highest BCUT2D eigenvalue weighted by Gasteiger charge is 2.15. The van der Waals surface area contributed by atoms with Crippen LogP contribution in [0.3, 0.4) is 0 Å². The summed E-state index contributed by atoms with van der Waals surface area (Å²) >= 11 is 0. The number of terminal acetylenes is 2. The fourth-order valence-corrected chi connectivity index (χ4v) is 0.350. The van der Waals surface area contributed by atoms with Crippen LogP contribution < -0.4 is 0 Å². The zero-order valence-electron chi connectivity index (χ0n) is 5.92. The van der Waals surface area contributed by atoms with E-state index in [1.165, 1.54) is 6.92 Å². The third-order valence-electron chi connectivity index (χ3n) is 0.897. The number of aliphatic hydroxyl groups is 1. The molecule has 0 saturated carbocycles. The Balaban J connectivity index is 3.52. The van der Waals surface area contributed by atoms with Crippen LogP contribution in [-0.2, 0) is 4.74 Å². The van der Waals surface area contributed by atoms with Gasteiger partial charge in [-0.3, -0.25) is 0 Å². The minimum atomic E-state index is -1.48. The molecular formula is C8H10O2. The molecule has 0 aromatic heterocycles. The molecule has 0 radical (unpaired) electrons. The molecule has 0 fully saturated rings. The van der Waals surface area contributed by atoms with Crippen molar-refractivity contribution < 1.29 is 9.84 Å². The summed E-state index contributed by atoms with van der Waals surface area (Å²) in [7, 11) is 0. The highest BCUT2D eigenvalue weighted by molar-refractivity contribution is 4.98. The molecule has 0 aromatic rings. The molecule has 10 heavy (non-hydrogen) atoms. The van der Waals surface area contributed by atoms with Gasteiger partial charge in [0.2, 0.25) is 5.79 Å². The molecule has 2 nitrogen and oxygen atoms in total. The summed E-state index contributed by atoms with van der Waals surface area (Å²) < 4.78 is 4.80. The molecule has 0 saturated heterocycles. The molecule has 54 valence electrons. The first kappa shape index (κ1) is 9.04. The summed E-state index contributed by atoms with van der Waals surface area (Å²) in [6.45, 7) is 1.68. The summed E-state index contributed by atoms with van der Waals surface area (Å²) in [6, 6.07) is 0. The molecule has 0 bridgehead atoms. The van der Waals surface area contributed by atoms with E-state index in [9.17, 15) is 0 Å². The van der Waals surface area contributed by atoms with Gasteiger partial charge >= 0.3 is 0 Å². The van der Waals surface area contributed by atoms with Crippen LogP contribution in [0.5, 0.6) is 0 Å². The molecule has 0 aromatic carbocycles. The Morgan fingerprint density at radius 2 is 2.20 bits per heavy atom. The van der Waals surface area contributed by atoms with Gasteiger partial charge in [-0.2, -0.15) is 0 Å². The highest BCUT2D eigenvalue weighted by atomic mass is 16.6. The summed E-state index contributed by atoms with van der Waals surface area (Å²) in [4.78, 5) is 0. The monoisotopic (exact) mass is 138 g/mol. The van der Waals surface area contributed by atoms with Crippen LogP contribution in [0.1, 0.15) is 13.3 Å². The quantitative estimate of drug-likeness (QED) is 0.347. The Bertz CT molecular complexity index is 169. The van der Waals surface area contributed by atoms with Crippen LogP contribution in [0.15, 0.2) is 0 Å². The minimum absolute atomic E-state index is 0.285. The molecule has 0 aliphatic carbocycles. The molecule has 0 aliphatic heterocycles. The van der Waals surface area contributed by atoms with Gasteiger partial charge in [0.15, 0.2) is 0 Å². The molecule has 1 atom stereocenters. The van der Waals surface area contributed by atoms with E-state index < -0.39 is 5.79 Å². The van der Waals surface area contributed by atoms with Gasteiger partial charge in [-0.25, -0.2) is 0 Å². The topological polar surface area (TPSA) is 29.5 Å². The second-order valence-corrected chi connectivity index (χ2v) is 1.93. The molecular weight excluding hydrogens is 128 g/mol. The van der Waals surface area contributed by atoms with E-state index in [2.05, 4.69) is 11.8 Å². The van der Waals surface area contributed by atoms with Crippen molar-refractivity contribution in [2.24, 2.45) is 0 Å². The zero-order chi connectivity index (χ0) is 8.04. The number of rotatable bonds is 3. The van der Waals surface area contributed by atoms with Crippen molar-refractivity contribution >= 4 is 0 Å². The minimum Gasteiger partial charge on any atom is -0.356 e. The molecule has 1 unspecified atom stereocenters. The van der Waals surface area contributed by atoms with Gasteiger partial charge in [0.1, 0.15) is 0 Å². The highest BCUT2D eigenvalue weighted by Crippen LogP contribution is 2.02. The van der Waals surface area contributed by atoms with Crippen molar-refractivity contribution in [2.75, 3.05) is 6.61 Å². The number of hydrogen-bond acceptors (Lipinski definition) is 2. The van der Waals surface area contributed by atoms with Crippen LogP contribution in [0.4, 0.5) is 0 Å². The van der Waals surface area contributed by atoms with E-state index in [-0.39, 0.29) is 6.61 Å². The zero-order valence-corrected chi connectivity index (χ0v) is 5.92. The summed E-state index contributed by atoms with van der Waals surface area (Å²) in [5.41, 5.74) is 0. The third kappa shape index (κ3) is 3.97. The largest absolute Gasteiger partial charge is 0.356 e. The van der Waals surface area contributed by atoms with E-state index in [1.807, 2.05) is 0 Å². The van der Waals surface area contributed by atoms with Crippen molar-refractivity contribution in [1.82, 2.24) is 0 Å². The van der Waals surface area contributed by atoms with Crippen LogP contribution in [-0.4, -0.2) is 17.5 Å². The van der Waals surface area contributed by atoms with Crippen molar-refractivity contribution in [3.05, 3.63) is 0 Å². The number of ether oxygens (including phenoxy) is 1. The fourth-order valence-electron chi connectivity index (χ4n) is 0.350. The molecule has 0 spiro atoms. The van der Waals surface area contributed by atoms with Gasteiger partial charge in [-0.1, -0.05) is 0 Å². The Morgan fingerprint density at radius 3 is 2.60 bits per heavy atom. The Kier molecular flexibility index (Phi) is 3.57. The summed E-state index contributed by atoms with van der Waals surface area (Å²) in [6.07, 6.45) is 10.3. The van der Waals surface area contributed by atoms with E-state index in [4.69, 9.17) is 22.7 Å². The Morgan fingerprint density at radius 1 is 1.60 bits per heavy atom. The SMILES string of the molecule is C#CCCOC(C)(O)C#C. The molecule has 0 aliphatic rings. The first-order chi connectivity index (χ1) is 4.62. The summed E-state index contributed by atoms with van der Waals surface area (Å²) in [5, 5.41) is 9.02. The van der Waals surface area contributed by atoms with Crippen LogP contribution >= 0.6 is 0 Å². The average molecular weight is 138 g/mol. The van der Waals surface area contributed by atoms with Crippen molar-refractivity contribution in [2.45, 2.75) is 19.1 Å². The van der Waals surface area contributed by atoms with Crippen molar-refractivity contribution in [3.63, 3.8) is 0 Å². The second-order valence-electron chi connectivity index (χ2n) is 1.93. The van der Waals surface area contributed by atoms with Crippen LogP contribution in [0.2, 0.25) is 0 Å². The van der Waals surface area contributed by atoms with Crippen molar-refractivity contribution in [3.8, 4) is 24.7 Å². The lowest BCUT2D eigenvalue weighted by atomic mass is 10.3. The standard InChI is InChI=1S/C8H10O2/c1-4-6-7-10-8(3,9)5-2/h1-2,9H,6-7H2,3H3. The number of hydrogen-bond donors (Lipinski definition) is 1. The van der Waals surface area contributed by atoms with E-state index in [1.54, 1.807) is 0 Å². The lowest BCUT2D eigenvalue weighted by molar-refractivity contribution is -0.143. The molecule has 0 heterocycles. The van der Waals surface area contributed by atoms with Crippen LogP contribution in [0, 0.1) is 24.7 Å². The normalized spacial score (nSPS) is 14.8. The smallest absolute Gasteiger partial charge is 0.227 e. The average Bonchev–Trinajstić information content (AvgIpc) is 1.89. The lowest BCUT2D eigenvalue weighted by Gasteiger charge is -2.15. The first-order valence-corrected chi connectivity index (χ1v) is 2.90. The van der Waals surface area contributed by atoms with Gasteiger partial charge in [-0.05, 0) is 5.92 Å². The Hall–Kier alpha value is -0.960. The molecule has 1 N–H and O–H groups in total. The van der Waals surface area contributed by atoms with Gasteiger partial charge in [-0.15, -0.1) is 18.8 Å². The second kappa shape index (κ2) is 3.95. The fraction of sp³-hybridized carbons (Fsp3) is 0.500. The van der Waals surface area contributed by atoms with E-state index >= 15 is 0 Å².